The van der Waals surface area contributed by atoms with Gasteiger partial charge < -0.3 is 19.8 Å². The Morgan fingerprint density at radius 3 is 1.83 bits per heavy atom. The maximum Gasteiger partial charge on any atom is 1.00 e. The Morgan fingerprint density at radius 1 is 1.06 bits per heavy atom. The molecule has 1 rings (SSSR count). The third-order valence-corrected chi connectivity index (χ3v) is 2.73. The molecule has 0 aliphatic heterocycles. The van der Waals surface area contributed by atoms with Crippen LogP contribution in [0.4, 0.5) is 0 Å². The van der Waals surface area contributed by atoms with E-state index in [-0.39, 0.29) is 72.0 Å². The van der Waals surface area contributed by atoms with Crippen molar-refractivity contribution in [2.75, 3.05) is 0 Å². The van der Waals surface area contributed by atoms with Crippen LogP contribution in [0.5, 0.6) is 0 Å². The Hall–Kier alpha value is 0.160. The predicted molar refractivity (Wildman–Crippen MR) is 52.9 cm³/mol. The monoisotopic (exact) mass is 266 g/mol. The molecule has 0 heterocycles. The molecule has 4 nitrogen and oxygen atoms in total. The van der Waals surface area contributed by atoms with Gasteiger partial charge in [-0.25, -0.2) is 0 Å². The van der Waals surface area contributed by atoms with Crippen molar-refractivity contribution in [1.29, 1.82) is 0 Å². The van der Waals surface area contributed by atoms with Gasteiger partial charge in [-0.15, -0.1) is 0 Å². The number of carbonyl (C=O) groups excluding carboxylic acids is 2. The molecule has 0 N–H and O–H groups in total. The average molecular weight is 266 g/mol. The van der Waals surface area contributed by atoms with Crippen LogP contribution in [-0.2, 0) is 16.0 Å². The van der Waals surface area contributed by atoms with Crippen molar-refractivity contribution >= 4 is 11.9 Å². The van der Waals surface area contributed by atoms with Gasteiger partial charge in [0.1, 0.15) is 0 Å². The Labute approximate surface area is 150 Å². The van der Waals surface area contributed by atoms with E-state index < -0.39 is 17.4 Å². The first-order valence-corrected chi connectivity index (χ1v) is 4.99. The van der Waals surface area contributed by atoms with E-state index in [0.29, 0.717) is 5.56 Å². The first-order valence-electron chi connectivity index (χ1n) is 4.99. The van der Waals surface area contributed by atoms with Crippen molar-refractivity contribution in [3.63, 3.8) is 0 Å². The quantitative estimate of drug-likeness (QED) is 0.392. The van der Waals surface area contributed by atoms with Crippen molar-refractivity contribution < 1.29 is 78.9 Å². The van der Waals surface area contributed by atoms with Crippen LogP contribution in [0.3, 0.4) is 0 Å². The molecule has 18 heavy (non-hydrogen) atoms. The minimum Gasteiger partial charge on any atom is -0.549 e. The third-order valence-electron chi connectivity index (χ3n) is 2.73. The van der Waals surface area contributed by atoms with Gasteiger partial charge in [-0.1, -0.05) is 37.3 Å². The van der Waals surface area contributed by atoms with Crippen LogP contribution in [0.2, 0.25) is 0 Å². The molecule has 0 radical (unpaired) electrons. The van der Waals surface area contributed by atoms with Gasteiger partial charge in [-0.2, -0.15) is 0 Å². The van der Waals surface area contributed by atoms with E-state index in [1.807, 2.05) is 0 Å². The second kappa shape index (κ2) is 9.13. The summed E-state index contributed by atoms with van der Waals surface area (Å²) < 4.78 is 0. The molecule has 0 saturated carbocycles. The zero-order valence-electron chi connectivity index (χ0n) is 10.9. The molecule has 0 unspecified atom stereocenters. The van der Waals surface area contributed by atoms with Gasteiger partial charge in [0, 0.05) is 0 Å². The van der Waals surface area contributed by atoms with Crippen molar-refractivity contribution in [2.45, 2.75) is 19.8 Å². The van der Waals surface area contributed by atoms with E-state index in [1.165, 1.54) is 6.92 Å². The van der Waals surface area contributed by atoms with E-state index in [0.717, 1.165) is 0 Å². The summed E-state index contributed by atoms with van der Waals surface area (Å²) in [6.45, 7) is 1.49. The molecular weight excluding hydrogens is 254 g/mol. The van der Waals surface area contributed by atoms with E-state index in [4.69, 9.17) is 0 Å². The topological polar surface area (TPSA) is 80.3 Å². The van der Waals surface area contributed by atoms with Crippen molar-refractivity contribution in [3.05, 3.63) is 35.9 Å². The summed E-state index contributed by atoms with van der Waals surface area (Å²) in [5, 5.41) is 21.9. The molecular formula is C12H12Na2O4. The Morgan fingerprint density at radius 2 is 1.50 bits per heavy atom. The maximum absolute atomic E-state index is 11.0. The van der Waals surface area contributed by atoms with E-state index in [1.54, 1.807) is 30.3 Å². The number of rotatable bonds is 5. The first kappa shape index (κ1) is 20.5. The number of aliphatic carboxylic acids is 2. The van der Waals surface area contributed by atoms with Crippen LogP contribution in [0.1, 0.15) is 18.9 Å². The van der Waals surface area contributed by atoms with Gasteiger partial charge >= 0.3 is 59.1 Å². The third kappa shape index (κ3) is 4.68. The molecule has 0 atom stereocenters. The largest absolute Gasteiger partial charge is 1.00 e. The van der Waals surface area contributed by atoms with Crippen LogP contribution < -0.4 is 69.3 Å². The smallest absolute Gasteiger partial charge is 0.549 e. The van der Waals surface area contributed by atoms with Crippen LogP contribution in [0, 0.1) is 5.41 Å². The van der Waals surface area contributed by atoms with Crippen LogP contribution in [-0.4, -0.2) is 11.9 Å². The van der Waals surface area contributed by atoms with Gasteiger partial charge in [0.2, 0.25) is 0 Å². The summed E-state index contributed by atoms with van der Waals surface area (Å²) in [5.74, 6) is -3.20. The van der Waals surface area contributed by atoms with Gasteiger partial charge in [-0.3, -0.25) is 0 Å². The number of carboxylic acids is 2. The molecule has 86 valence electrons. The molecule has 0 aliphatic carbocycles. The predicted octanol–water partition coefficient (Wildman–Crippen LogP) is -6.87. The normalized spacial score (nSPS) is 9.83. The maximum atomic E-state index is 11.0. The molecule has 0 aromatic heterocycles. The van der Waals surface area contributed by atoms with Crippen molar-refractivity contribution in [3.8, 4) is 0 Å². The van der Waals surface area contributed by atoms with Crippen molar-refractivity contribution in [1.82, 2.24) is 0 Å². The van der Waals surface area contributed by atoms with Crippen molar-refractivity contribution in [2.24, 2.45) is 5.41 Å². The second-order valence-corrected chi connectivity index (χ2v) is 3.67. The summed E-state index contributed by atoms with van der Waals surface area (Å²) in [5.41, 5.74) is -1.31. The minimum absolute atomic E-state index is 0. The number of hydrogen-bond donors (Lipinski definition) is 0. The standard InChI is InChI=1S/C12H14O4.2Na/c1-2-12(10(13)14,11(15)16)8-9-6-4-3-5-7-9;;/h3-7H,2,8H2,1H3,(H,13,14)(H,15,16);;/q;2*+1/p-2. The van der Waals surface area contributed by atoms with E-state index in [9.17, 15) is 19.8 Å². The number of carboxylic acid groups (broad SMARTS) is 2. The fourth-order valence-electron chi connectivity index (χ4n) is 1.59. The summed E-state index contributed by atoms with van der Waals surface area (Å²) in [6.07, 6.45) is -0.179. The fourth-order valence-corrected chi connectivity index (χ4v) is 1.59. The molecule has 0 saturated heterocycles. The zero-order valence-corrected chi connectivity index (χ0v) is 14.9. The molecule has 0 bridgehead atoms. The molecule has 1 aromatic carbocycles. The Bertz CT molecular complexity index is 378. The average Bonchev–Trinajstić information content (AvgIpc) is 2.26. The molecule has 0 aliphatic rings. The van der Waals surface area contributed by atoms with Gasteiger partial charge in [-0.05, 0) is 18.4 Å². The molecule has 6 heteroatoms. The molecule has 0 fully saturated rings. The summed E-state index contributed by atoms with van der Waals surface area (Å²) >= 11 is 0. The van der Waals surface area contributed by atoms with E-state index >= 15 is 0 Å². The Kier molecular flexibility index (Phi) is 10.4. The minimum atomic E-state index is -1.94. The fraction of sp³-hybridized carbons (Fsp3) is 0.333. The van der Waals surface area contributed by atoms with Gasteiger partial charge in [0.25, 0.3) is 0 Å². The first-order chi connectivity index (χ1) is 7.53. The summed E-state index contributed by atoms with van der Waals surface area (Å²) in [4.78, 5) is 21.9. The van der Waals surface area contributed by atoms with Crippen LogP contribution in [0.15, 0.2) is 30.3 Å². The zero-order chi connectivity index (χ0) is 12.2. The number of benzene rings is 1. The molecule has 0 amide bonds. The molecule has 1 aromatic rings. The summed E-state index contributed by atoms with van der Waals surface area (Å²) in [6, 6.07) is 8.57. The summed E-state index contributed by atoms with van der Waals surface area (Å²) in [7, 11) is 0. The van der Waals surface area contributed by atoms with E-state index in [2.05, 4.69) is 0 Å². The second-order valence-electron chi connectivity index (χ2n) is 3.67. The number of hydrogen-bond acceptors (Lipinski definition) is 4. The Balaban J connectivity index is 0. The van der Waals surface area contributed by atoms with Gasteiger partial charge in [0.05, 0.1) is 17.4 Å². The SMILES string of the molecule is CCC(Cc1ccccc1)(C(=O)[O-])C(=O)[O-].[Na+].[Na+]. The number of carbonyl (C=O) groups is 2. The van der Waals surface area contributed by atoms with Crippen LogP contribution in [0.25, 0.3) is 0 Å². The molecule has 0 spiro atoms. The van der Waals surface area contributed by atoms with Gasteiger partial charge in [0.15, 0.2) is 0 Å². The van der Waals surface area contributed by atoms with Crippen LogP contribution >= 0.6 is 0 Å².